The number of aryl methyl sites for hydroxylation is 1. The van der Waals surface area contributed by atoms with E-state index in [9.17, 15) is 5.11 Å². The van der Waals surface area contributed by atoms with Crippen molar-refractivity contribution in [2.24, 2.45) is 0 Å². The van der Waals surface area contributed by atoms with Gasteiger partial charge >= 0.3 is 0 Å². The number of hydrogen-bond acceptors (Lipinski definition) is 2. The molecule has 2 rings (SSSR count). The first-order chi connectivity index (χ1) is 8.29. The topological polar surface area (TPSA) is 33.1 Å². The number of aromatic nitrogens is 1. The Morgan fingerprint density at radius 3 is 2.47 bits per heavy atom. The first kappa shape index (κ1) is 11.8. The van der Waals surface area contributed by atoms with Gasteiger partial charge in [0.15, 0.2) is 0 Å². The summed E-state index contributed by atoms with van der Waals surface area (Å²) in [5, 5.41) is 9.48. The van der Waals surface area contributed by atoms with Gasteiger partial charge in [-0.2, -0.15) is 0 Å². The van der Waals surface area contributed by atoms with Gasteiger partial charge in [0.05, 0.1) is 6.61 Å². The van der Waals surface area contributed by atoms with Gasteiger partial charge in [0.1, 0.15) is 0 Å². The molecule has 1 N–H and O–H groups in total. The smallest absolute Gasteiger partial charge is 0.0503 e. The van der Waals surface area contributed by atoms with E-state index in [1.165, 1.54) is 5.56 Å². The van der Waals surface area contributed by atoms with E-state index in [4.69, 9.17) is 0 Å². The van der Waals surface area contributed by atoms with Gasteiger partial charge in [0, 0.05) is 17.3 Å². The standard InChI is InChI=1S/C15H17NO/c1-12-6-5-9-15(16-12)10-14(11-17)13-7-3-2-4-8-13/h2-9,14,17H,10-11H2,1H3/t14-/m1/s1. The van der Waals surface area contributed by atoms with Crippen LogP contribution in [-0.2, 0) is 6.42 Å². The van der Waals surface area contributed by atoms with Gasteiger partial charge in [-0.3, -0.25) is 4.98 Å². The molecule has 2 aromatic rings. The molecule has 0 aliphatic heterocycles. The van der Waals surface area contributed by atoms with Crippen LogP contribution in [0.2, 0.25) is 0 Å². The third-order valence-corrected chi connectivity index (χ3v) is 2.89. The summed E-state index contributed by atoms with van der Waals surface area (Å²) in [4.78, 5) is 4.48. The van der Waals surface area contributed by atoms with Crippen LogP contribution in [0.25, 0.3) is 0 Å². The summed E-state index contributed by atoms with van der Waals surface area (Å²) in [6.45, 7) is 2.14. The predicted octanol–water partition coefficient (Wildman–Crippen LogP) is 2.71. The normalized spacial score (nSPS) is 12.4. The molecular formula is C15H17NO. The molecule has 1 aromatic carbocycles. The minimum absolute atomic E-state index is 0.130. The molecule has 0 aliphatic rings. The molecule has 0 amide bonds. The van der Waals surface area contributed by atoms with Crippen molar-refractivity contribution in [3.63, 3.8) is 0 Å². The van der Waals surface area contributed by atoms with Crippen LogP contribution in [-0.4, -0.2) is 16.7 Å². The van der Waals surface area contributed by atoms with E-state index in [1.54, 1.807) is 0 Å². The van der Waals surface area contributed by atoms with Gasteiger partial charge in [-0.05, 0) is 31.0 Å². The monoisotopic (exact) mass is 227 g/mol. The molecule has 0 radical (unpaired) electrons. The van der Waals surface area contributed by atoms with Crippen molar-refractivity contribution in [2.45, 2.75) is 19.3 Å². The Hall–Kier alpha value is -1.67. The third kappa shape index (κ3) is 3.14. The van der Waals surface area contributed by atoms with Gasteiger partial charge in [-0.1, -0.05) is 36.4 Å². The minimum Gasteiger partial charge on any atom is -0.396 e. The molecular weight excluding hydrogens is 210 g/mol. The second-order valence-electron chi connectivity index (χ2n) is 4.26. The summed E-state index contributed by atoms with van der Waals surface area (Å²) in [5.41, 5.74) is 3.22. The first-order valence-corrected chi connectivity index (χ1v) is 5.88. The van der Waals surface area contributed by atoms with Crippen molar-refractivity contribution >= 4 is 0 Å². The molecule has 1 heterocycles. The highest BCUT2D eigenvalue weighted by Crippen LogP contribution is 2.19. The number of rotatable bonds is 4. The second-order valence-corrected chi connectivity index (χ2v) is 4.26. The fraction of sp³-hybridized carbons (Fsp3) is 0.267. The number of aliphatic hydroxyl groups is 1. The second kappa shape index (κ2) is 5.60. The minimum atomic E-state index is 0.130. The highest BCUT2D eigenvalue weighted by atomic mass is 16.3. The SMILES string of the molecule is Cc1cccc(C[C@H](CO)c2ccccc2)n1. The summed E-state index contributed by atoms with van der Waals surface area (Å²) in [6.07, 6.45) is 0.780. The van der Waals surface area contributed by atoms with Crippen LogP contribution in [0.15, 0.2) is 48.5 Å². The average molecular weight is 227 g/mol. The van der Waals surface area contributed by atoms with Crippen molar-refractivity contribution in [1.29, 1.82) is 0 Å². The van der Waals surface area contributed by atoms with Crippen LogP contribution < -0.4 is 0 Å². The maximum atomic E-state index is 9.48. The predicted molar refractivity (Wildman–Crippen MR) is 68.9 cm³/mol. The van der Waals surface area contributed by atoms with E-state index >= 15 is 0 Å². The van der Waals surface area contributed by atoms with Crippen molar-refractivity contribution in [1.82, 2.24) is 4.98 Å². The van der Waals surface area contributed by atoms with Gasteiger partial charge in [0.25, 0.3) is 0 Å². The third-order valence-electron chi connectivity index (χ3n) is 2.89. The molecule has 1 atom stereocenters. The molecule has 0 saturated heterocycles. The zero-order valence-electron chi connectivity index (χ0n) is 10.0. The van der Waals surface area contributed by atoms with Crippen LogP contribution in [0.3, 0.4) is 0 Å². The lowest BCUT2D eigenvalue weighted by Crippen LogP contribution is -2.09. The number of pyridine rings is 1. The molecule has 17 heavy (non-hydrogen) atoms. The summed E-state index contributed by atoms with van der Waals surface area (Å²) in [6, 6.07) is 16.1. The molecule has 2 heteroatoms. The van der Waals surface area contributed by atoms with Crippen LogP contribution >= 0.6 is 0 Å². The zero-order valence-corrected chi connectivity index (χ0v) is 10.0. The maximum Gasteiger partial charge on any atom is 0.0503 e. The van der Waals surface area contributed by atoms with E-state index in [-0.39, 0.29) is 12.5 Å². The van der Waals surface area contributed by atoms with E-state index < -0.39 is 0 Å². The van der Waals surface area contributed by atoms with Crippen molar-refractivity contribution in [3.8, 4) is 0 Å². The van der Waals surface area contributed by atoms with E-state index in [0.717, 1.165) is 17.8 Å². The molecule has 1 aromatic heterocycles. The molecule has 0 bridgehead atoms. The Morgan fingerprint density at radius 2 is 1.82 bits per heavy atom. The lowest BCUT2D eigenvalue weighted by Gasteiger charge is -2.14. The van der Waals surface area contributed by atoms with Gasteiger partial charge in [-0.15, -0.1) is 0 Å². The molecule has 0 fully saturated rings. The summed E-state index contributed by atoms with van der Waals surface area (Å²) in [7, 11) is 0. The molecule has 2 nitrogen and oxygen atoms in total. The Labute approximate surface area is 102 Å². The zero-order chi connectivity index (χ0) is 12.1. The van der Waals surface area contributed by atoms with Crippen molar-refractivity contribution in [3.05, 3.63) is 65.5 Å². The van der Waals surface area contributed by atoms with E-state index in [2.05, 4.69) is 17.1 Å². The molecule has 0 unspecified atom stereocenters. The molecule has 0 spiro atoms. The van der Waals surface area contributed by atoms with E-state index in [1.807, 2.05) is 43.3 Å². The fourth-order valence-electron chi connectivity index (χ4n) is 1.98. The van der Waals surface area contributed by atoms with Crippen LogP contribution in [0.1, 0.15) is 22.9 Å². The Bertz CT molecular complexity index is 467. The largest absolute Gasteiger partial charge is 0.396 e. The summed E-state index contributed by atoms with van der Waals surface area (Å²) < 4.78 is 0. The maximum absolute atomic E-state index is 9.48. The van der Waals surface area contributed by atoms with Gasteiger partial charge in [-0.25, -0.2) is 0 Å². The number of hydrogen-bond donors (Lipinski definition) is 1. The van der Waals surface area contributed by atoms with Crippen LogP contribution in [0.4, 0.5) is 0 Å². The average Bonchev–Trinajstić information content (AvgIpc) is 2.37. The number of nitrogens with zero attached hydrogens (tertiary/aromatic N) is 1. The molecule has 0 saturated carbocycles. The van der Waals surface area contributed by atoms with Crippen LogP contribution in [0, 0.1) is 6.92 Å². The summed E-state index contributed by atoms with van der Waals surface area (Å²) in [5.74, 6) is 0.130. The van der Waals surface area contributed by atoms with Gasteiger partial charge in [0.2, 0.25) is 0 Å². The van der Waals surface area contributed by atoms with Crippen molar-refractivity contribution < 1.29 is 5.11 Å². The number of aliphatic hydroxyl groups excluding tert-OH is 1. The quantitative estimate of drug-likeness (QED) is 0.871. The molecule has 88 valence electrons. The van der Waals surface area contributed by atoms with Crippen molar-refractivity contribution in [2.75, 3.05) is 6.61 Å². The Kier molecular flexibility index (Phi) is 3.89. The highest BCUT2D eigenvalue weighted by Gasteiger charge is 2.11. The number of benzene rings is 1. The van der Waals surface area contributed by atoms with E-state index in [0.29, 0.717) is 0 Å². The first-order valence-electron chi connectivity index (χ1n) is 5.88. The lowest BCUT2D eigenvalue weighted by atomic mass is 9.95. The van der Waals surface area contributed by atoms with Gasteiger partial charge < -0.3 is 5.11 Å². The molecule has 0 aliphatic carbocycles. The Balaban J connectivity index is 2.16. The lowest BCUT2D eigenvalue weighted by molar-refractivity contribution is 0.264. The highest BCUT2D eigenvalue weighted by molar-refractivity contribution is 5.22. The van der Waals surface area contributed by atoms with Crippen LogP contribution in [0.5, 0.6) is 0 Å². The summed E-state index contributed by atoms with van der Waals surface area (Å²) >= 11 is 0. The Morgan fingerprint density at radius 1 is 1.06 bits per heavy atom. The fourth-order valence-corrected chi connectivity index (χ4v) is 1.98.